The fraction of sp³-hybridized carbons (Fsp3) is 0.875. The van der Waals surface area contributed by atoms with E-state index in [1.165, 1.54) is 12.8 Å². The summed E-state index contributed by atoms with van der Waals surface area (Å²) < 4.78 is 0. The summed E-state index contributed by atoms with van der Waals surface area (Å²) in [5.74, 6) is 0. The molecule has 1 fully saturated rings. The SMILES string of the molecule is CN(CC=O)C[C@@H]1CCCN1. The highest BCUT2D eigenvalue weighted by Gasteiger charge is 2.14. The van der Waals surface area contributed by atoms with Crippen LogP contribution in [0.15, 0.2) is 0 Å². The fourth-order valence-corrected chi connectivity index (χ4v) is 1.49. The molecule has 0 amide bonds. The van der Waals surface area contributed by atoms with E-state index in [-0.39, 0.29) is 0 Å². The number of nitrogens with one attached hydrogen (secondary N) is 1. The molecule has 1 saturated heterocycles. The summed E-state index contributed by atoms with van der Waals surface area (Å²) in [5.41, 5.74) is 0. The van der Waals surface area contributed by atoms with Gasteiger partial charge >= 0.3 is 0 Å². The Morgan fingerprint density at radius 2 is 2.55 bits per heavy atom. The number of hydrogen-bond donors (Lipinski definition) is 1. The van der Waals surface area contributed by atoms with E-state index in [1.807, 2.05) is 7.05 Å². The average Bonchev–Trinajstić information content (AvgIpc) is 2.40. The van der Waals surface area contributed by atoms with E-state index >= 15 is 0 Å². The molecular weight excluding hydrogens is 140 g/mol. The van der Waals surface area contributed by atoms with Crippen molar-refractivity contribution in [3.63, 3.8) is 0 Å². The first-order valence-corrected chi connectivity index (χ1v) is 4.18. The molecule has 0 unspecified atom stereocenters. The number of nitrogens with zero attached hydrogens (tertiary/aromatic N) is 1. The Morgan fingerprint density at radius 3 is 3.09 bits per heavy atom. The third-order valence-electron chi connectivity index (χ3n) is 2.08. The summed E-state index contributed by atoms with van der Waals surface area (Å²) in [7, 11) is 1.98. The van der Waals surface area contributed by atoms with Crippen LogP contribution in [0.3, 0.4) is 0 Å². The first-order chi connectivity index (χ1) is 5.33. The van der Waals surface area contributed by atoms with Gasteiger partial charge in [-0.25, -0.2) is 0 Å². The van der Waals surface area contributed by atoms with Gasteiger partial charge in [0.25, 0.3) is 0 Å². The van der Waals surface area contributed by atoms with E-state index in [0.29, 0.717) is 12.6 Å². The van der Waals surface area contributed by atoms with Gasteiger partial charge < -0.3 is 10.1 Å². The van der Waals surface area contributed by atoms with Crippen molar-refractivity contribution >= 4 is 6.29 Å². The highest BCUT2D eigenvalue weighted by Crippen LogP contribution is 2.05. The van der Waals surface area contributed by atoms with Crippen molar-refractivity contribution in [1.82, 2.24) is 10.2 Å². The molecule has 1 rings (SSSR count). The van der Waals surface area contributed by atoms with Gasteiger partial charge in [0.05, 0.1) is 6.54 Å². The molecule has 1 aliphatic heterocycles. The second-order valence-corrected chi connectivity index (χ2v) is 3.18. The van der Waals surface area contributed by atoms with Crippen molar-refractivity contribution in [2.75, 3.05) is 26.7 Å². The van der Waals surface area contributed by atoms with Crippen LogP contribution in [0.5, 0.6) is 0 Å². The number of likely N-dealkylation sites (N-methyl/N-ethyl adjacent to an activating group) is 1. The molecule has 1 heterocycles. The van der Waals surface area contributed by atoms with Crippen molar-refractivity contribution in [3.8, 4) is 0 Å². The van der Waals surface area contributed by atoms with Crippen molar-refractivity contribution < 1.29 is 4.79 Å². The molecule has 0 saturated carbocycles. The number of rotatable bonds is 4. The molecule has 0 spiro atoms. The van der Waals surface area contributed by atoms with E-state index in [4.69, 9.17) is 0 Å². The smallest absolute Gasteiger partial charge is 0.133 e. The molecule has 11 heavy (non-hydrogen) atoms. The topological polar surface area (TPSA) is 32.3 Å². The lowest BCUT2D eigenvalue weighted by Crippen LogP contribution is -2.36. The second-order valence-electron chi connectivity index (χ2n) is 3.18. The van der Waals surface area contributed by atoms with Crippen molar-refractivity contribution in [2.45, 2.75) is 18.9 Å². The highest BCUT2D eigenvalue weighted by atomic mass is 16.1. The predicted molar refractivity (Wildman–Crippen MR) is 44.6 cm³/mol. The van der Waals surface area contributed by atoms with Crippen molar-refractivity contribution in [2.24, 2.45) is 0 Å². The Morgan fingerprint density at radius 1 is 1.73 bits per heavy atom. The molecular formula is C8H16N2O. The lowest BCUT2D eigenvalue weighted by Gasteiger charge is -2.18. The first-order valence-electron chi connectivity index (χ1n) is 4.18. The Balaban J connectivity index is 2.12. The molecule has 1 N–H and O–H groups in total. The van der Waals surface area contributed by atoms with Crippen LogP contribution in [0.4, 0.5) is 0 Å². The third kappa shape index (κ3) is 2.99. The van der Waals surface area contributed by atoms with E-state index in [9.17, 15) is 4.79 Å². The Kier molecular flexibility index (Phi) is 3.52. The van der Waals surface area contributed by atoms with Crippen LogP contribution in [-0.2, 0) is 4.79 Å². The molecule has 64 valence electrons. The molecule has 0 aromatic heterocycles. The minimum Gasteiger partial charge on any atom is -0.313 e. The maximum absolute atomic E-state index is 10.1. The van der Waals surface area contributed by atoms with Crippen molar-refractivity contribution in [1.29, 1.82) is 0 Å². The van der Waals surface area contributed by atoms with Crippen LogP contribution in [0.25, 0.3) is 0 Å². The summed E-state index contributed by atoms with van der Waals surface area (Å²) >= 11 is 0. The van der Waals surface area contributed by atoms with Gasteiger partial charge in [0.15, 0.2) is 0 Å². The average molecular weight is 156 g/mol. The molecule has 0 aliphatic carbocycles. The summed E-state index contributed by atoms with van der Waals surface area (Å²) in [6, 6.07) is 0.611. The van der Waals surface area contributed by atoms with Crippen LogP contribution < -0.4 is 5.32 Å². The van der Waals surface area contributed by atoms with E-state index in [1.54, 1.807) is 0 Å². The predicted octanol–water partition coefficient (Wildman–Crippen LogP) is -0.131. The summed E-state index contributed by atoms with van der Waals surface area (Å²) in [6.45, 7) is 2.69. The van der Waals surface area contributed by atoms with Gasteiger partial charge in [-0.1, -0.05) is 0 Å². The molecule has 0 bridgehead atoms. The highest BCUT2D eigenvalue weighted by molar-refractivity contribution is 5.51. The monoisotopic (exact) mass is 156 g/mol. The molecule has 1 atom stereocenters. The molecule has 0 aromatic rings. The molecule has 3 nitrogen and oxygen atoms in total. The summed E-state index contributed by atoms with van der Waals surface area (Å²) in [6.07, 6.45) is 3.48. The van der Waals surface area contributed by atoms with Gasteiger partial charge in [-0.15, -0.1) is 0 Å². The van der Waals surface area contributed by atoms with E-state index < -0.39 is 0 Å². The lowest BCUT2D eigenvalue weighted by atomic mass is 10.2. The lowest BCUT2D eigenvalue weighted by molar-refractivity contribution is -0.108. The standard InChI is InChI=1S/C8H16N2O/c1-10(5-6-11)7-8-3-2-4-9-8/h6,8-9H,2-5,7H2,1H3/t8-/m0/s1. The van der Waals surface area contributed by atoms with E-state index in [0.717, 1.165) is 19.4 Å². The van der Waals surface area contributed by atoms with Gasteiger partial charge in [0.1, 0.15) is 6.29 Å². The normalized spacial score (nSPS) is 24.4. The number of hydrogen-bond acceptors (Lipinski definition) is 3. The fourth-order valence-electron chi connectivity index (χ4n) is 1.49. The van der Waals surface area contributed by atoms with Gasteiger partial charge in [-0.05, 0) is 26.4 Å². The number of aldehydes is 1. The Labute approximate surface area is 67.8 Å². The Bertz CT molecular complexity index is 121. The quantitative estimate of drug-likeness (QED) is 0.575. The Hall–Kier alpha value is -0.410. The number of carbonyl (C=O) groups excluding carboxylic acids is 1. The second kappa shape index (κ2) is 4.46. The maximum Gasteiger partial charge on any atom is 0.133 e. The maximum atomic E-state index is 10.1. The zero-order chi connectivity index (χ0) is 8.10. The minimum absolute atomic E-state index is 0.554. The van der Waals surface area contributed by atoms with Crippen molar-refractivity contribution in [3.05, 3.63) is 0 Å². The van der Waals surface area contributed by atoms with Gasteiger partial charge in [-0.2, -0.15) is 0 Å². The van der Waals surface area contributed by atoms with Crippen LogP contribution in [0, 0.1) is 0 Å². The zero-order valence-electron chi connectivity index (χ0n) is 7.05. The van der Waals surface area contributed by atoms with Crippen LogP contribution in [0.2, 0.25) is 0 Å². The molecule has 0 radical (unpaired) electrons. The largest absolute Gasteiger partial charge is 0.313 e. The molecule has 0 aromatic carbocycles. The third-order valence-corrected chi connectivity index (χ3v) is 2.08. The minimum atomic E-state index is 0.554. The number of carbonyl (C=O) groups is 1. The van der Waals surface area contributed by atoms with Crippen LogP contribution >= 0.6 is 0 Å². The summed E-state index contributed by atoms with van der Waals surface area (Å²) in [5, 5.41) is 3.39. The van der Waals surface area contributed by atoms with Gasteiger partial charge in [0.2, 0.25) is 0 Å². The first kappa shape index (κ1) is 8.68. The van der Waals surface area contributed by atoms with Gasteiger partial charge in [0, 0.05) is 12.6 Å². The van der Waals surface area contributed by atoms with E-state index in [2.05, 4.69) is 10.2 Å². The van der Waals surface area contributed by atoms with Gasteiger partial charge in [-0.3, -0.25) is 4.90 Å². The molecule has 3 heteroatoms. The zero-order valence-corrected chi connectivity index (χ0v) is 7.05. The van der Waals surface area contributed by atoms with Crippen LogP contribution in [-0.4, -0.2) is 43.9 Å². The van der Waals surface area contributed by atoms with Crippen LogP contribution in [0.1, 0.15) is 12.8 Å². The summed E-state index contributed by atoms with van der Waals surface area (Å²) in [4.78, 5) is 12.2. The molecule has 1 aliphatic rings.